The van der Waals surface area contributed by atoms with Crippen molar-refractivity contribution < 1.29 is 9.18 Å². The van der Waals surface area contributed by atoms with Gasteiger partial charge in [-0.05, 0) is 56.5 Å². The summed E-state index contributed by atoms with van der Waals surface area (Å²) in [5, 5.41) is 3.44. The zero-order valence-corrected chi connectivity index (χ0v) is 10.8. The highest BCUT2D eigenvalue weighted by molar-refractivity contribution is 5.97. The highest BCUT2D eigenvalue weighted by Crippen LogP contribution is 2.16. The molecule has 1 N–H and O–H groups in total. The smallest absolute Gasteiger partial charge is 0.163 e. The maximum atomic E-state index is 13.0. The Bertz CT molecular complexity index is 425. The number of rotatable bonds is 4. The Labute approximate surface area is 108 Å². The Hall–Kier alpha value is -1.22. The minimum atomic E-state index is -0.280. The van der Waals surface area contributed by atoms with Crippen LogP contribution in [0.3, 0.4) is 0 Å². The summed E-state index contributed by atoms with van der Waals surface area (Å²) in [6.07, 6.45) is 5.08. The van der Waals surface area contributed by atoms with E-state index < -0.39 is 0 Å². The monoisotopic (exact) mass is 249 g/mol. The van der Waals surface area contributed by atoms with Crippen LogP contribution in [0.2, 0.25) is 0 Å². The Kier molecular flexibility index (Phi) is 4.48. The quantitative estimate of drug-likeness (QED) is 0.830. The van der Waals surface area contributed by atoms with E-state index in [1.54, 1.807) is 13.0 Å². The summed E-state index contributed by atoms with van der Waals surface area (Å²) < 4.78 is 13.0. The van der Waals surface area contributed by atoms with Gasteiger partial charge in [0.25, 0.3) is 0 Å². The zero-order valence-electron chi connectivity index (χ0n) is 10.8. The number of piperidine rings is 1. The third-order valence-corrected chi connectivity index (χ3v) is 3.62. The van der Waals surface area contributed by atoms with Crippen LogP contribution in [0.15, 0.2) is 18.2 Å². The van der Waals surface area contributed by atoms with Gasteiger partial charge >= 0.3 is 0 Å². The van der Waals surface area contributed by atoms with E-state index in [2.05, 4.69) is 5.32 Å². The van der Waals surface area contributed by atoms with E-state index in [9.17, 15) is 9.18 Å². The lowest BCUT2D eigenvalue weighted by Crippen LogP contribution is -2.34. The summed E-state index contributed by atoms with van der Waals surface area (Å²) >= 11 is 0. The maximum Gasteiger partial charge on any atom is 0.163 e. The molecule has 1 aromatic rings. The van der Waals surface area contributed by atoms with Gasteiger partial charge in [0.15, 0.2) is 5.78 Å². The van der Waals surface area contributed by atoms with Crippen molar-refractivity contribution in [1.82, 2.24) is 5.32 Å². The van der Waals surface area contributed by atoms with E-state index in [-0.39, 0.29) is 11.6 Å². The van der Waals surface area contributed by atoms with Crippen LogP contribution in [0.5, 0.6) is 0 Å². The lowest BCUT2D eigenvalue weighted by Gasteiger charge is -2.23. The first kappa shape index (κ1) is 13.2. The normalized spacial score (nSPS) is 19.8. The lowest BCUT2D eigenvalue weighted by atomic mass is 9.96. The second kappa shape index (κ2) is 6.10. The standard InChI is InChI=1S/C15H20FNO/c1-11-10-12(16)5-7-14(11)15(18)8-6-13-4-2-3-9-17-13/h5,7,10,13,17H,2-4,6,8-9H2,1H3. The molecule has 0 aromatic heterocycles. The van der Waals surface area contributed by atoms with Gasteiger partial charge in [0.1, 0.15) is 5.82 Å². The molecule has 0 aliphatic carbocycles. The molecular formula is C15H20FNO. The predicted octanol–water partition coefficient (Wildman–Crippen LogP) is 3.24. The summed E-state index contributed by atoms with van der Waals surface area (Å²) in [7, 11) is 0. The largest absolute Gasteiger partial charge is 0.314 e. The van der Waals surface area contributed by atoms with Crippen molar-refractivity contribution in [3.8, 4) is 0 Å². The number of ketones is 1. The Morgan fingerprint density at radius 3 is 2.94 bits per heavy atom. The van der Waals surface area contributed by atoms with Gasteiger partial charge in [-0.1, -0.05) is 6.42 Å². The van der Waals surface area contributed by atoms with E-state index in [4.69, 9.17) is 0 Å². The molecule has 3 heteroatoms. The molecule has 1 heterocycles. The maximum absolute atomic E-state index is 13.0. The van der Waals surface area contributed by atoms with Crippen LogP contribution in [0, 0.1) is 12.7 Å². The number of hydrogen-bond acceptors (Lipinski definition) is 2. The highest BCUT2D eigenvalue weighted by Gasteiger charge is 2.15. The number of benzene rings is 1. The van der Waals surface area contributed by atoms with Gasteiger partial charge in [-0.3, -0.25) is 4.79 Å². The van der Waals surface area contributed by atoms with Crippen molar-refractivity contribution >= 4 is 5.78 Å². The molecule has 0 radical (unpaired) electrons. The summed E-state index contributed by atoms with van der Waals surface area (Å²) in [5.41, 5.74) is 1.39. The molecule has 98 valence electrons. The highest BCUT2D eigenvalue weighted by atomic mass is 19.1. The number of aryl methyl sites for hydroxylation is 1. The van der Waals surface area contributed by atoms with Gasteiger partial charge < -0.3 is 5.32 Å². The topological polar surface area (TPSA) is 29.1 Å². The van der Waals surface area contributed by atoms with Crippen LogP contribution < -0.4 is 5.32 Å². The fourth-order valence-corrected chi connectivity index (χ4v) is 2.55. The molecule has 0 amide bonds. The van der Waals surface area contributed by atoms with Crippen LogP contribution in [0.25, 0.3) is 0 Å². The van der Waals surface area contributed by atoms with Gasteiger partial charge in [-0.15, -0.1) is 0 Å². The van der Waals surface area contributed by atoms with E-state index in [0.29, 0.717) is 18.0 Å². The van der Waals surface area contributed by atoms with Crippen LogP contribution in [0.1, 0.15) is 48.0 Å². The molecular weight excluding hydrogens is 229 g/mol. The molecule has 1 aliphatic heterocycles. The SMILES string of the molecule is Cc1cc(F)ccc1C(=O)CCC1CCCCN1. The number of carbonyl (C=O) groups excluding carboxylic acids is 1. The summed E-state index contributed by atoms with van der Waals surface area (Å²) in [4.78, 5) is 12.1. The van der Waals surface area contributed by atoms with E-state index in [1.807, 2.05) is 0 Å². The molecule has 1 aromatic carbocycles. The predicted molar refractivity (Wildman–Crippen MR) is 70.3 cm³/mol. The summed E-state index contributed by atoms with van der Waals surface area (Å²) in [5.74, 6) is -0.155. The van der Waals surface area contributed by atoms with Gasteiger partial charge in [0.2, 0.25) is 0 Å². The third-order valence-electron chi connectivity index (χ3n) is 3.62. The number of halogens is 1. The van der Waals surface area contributed by atoms with E-state index in [0.717, 1.165) is 24.9 Å². The number of nitrogens with one attached hydrogen (secondary N) is 1. The lowest BCUT2D eigenvalue weighted by molar-refractivity contribution is 0.0973. The van der Waals surface area contributed by atoms with Crippen molar-refractivity contribution in [1.29, 1.82) is 0 Å². The van der Waals surface area contributed by atoms with Crippen molar-refractivity contribution in [3.63, 3.8) is 0 Å². The number of hydrogen-bond donors (Lipinski definition) is 1. The summed E-state index contributed by atoms with van der Waals surface area (Å²) in [6.45, 7) is 2.85. The van der Waals surface area contributed by atoms with Crippen LogP contribution >= 0.6 is 0 Å². The fourth-order valence-electron chi connectivity index (χ4n) is 2.55. The first-order valence-corrected chi connectivity index (χ1v) is 6.69. The minimum absolute atomic E-state index is 0.125. The Morgan fingerprint density at radius 1 is 1.44 bits per heavy atom. The molecule has 1 saturated heterocycles. The zero-order chi connectivity index (χ0) is 13.0. The van der Waals surface area contributed by atoms with Crippen molar-refractivity contribution in [3.05, 3.63) is 35.1 Å². The Balaban J connectivity index is 1.90. The first-order chi connectivity index (χ1) is 8.66. The molecule has 18 heavy (non-hydrogen) atoms. The molecule has 2 rings (SSSR count). The van der Waals surface area contributed by atoms with Gasteiger partial charge in [-0.2, -0.15) is 0 Å². The molecule has 2 nitrogen and oxygen atoms in total. The molecule has 0 saturated carbocycles. The van der Waals surface area contributed by atoms with Crippen molar-refractivity contribution in [2.75, 3.05) is 6.54 Å². The van der Waals surface area contributed by atoms with Crippen LogP contribution in [-0.2, 0) is 0 Å². The minimum Gasteiger partial charge on any atom is -0.314 e. The van der Waals surface area contributed by atoms with E-state index >= 15 is 0 Å². The van der Waals surface area contributed by atoms with Crippen LogP contribution in [-0.4, -0.2) is 18.4 Å². The van der Waals surface area contributed by atoms with Gasteiger partial charge in [0, 0.05) is 18.0 Å². The average Bonchev–Trinajstić information content (AvgIpc) is 2.37. The second-order valence-electron chi connectivity index (χ2n) is 5.07. The molecule has 1 unspecified atom stereocenters. The fraction of sp³-hybridized carbons (Fsp3) is 0.533. The number of carbonyl (C=O) groups is 1. The van der Waals surface area contributed by atoms with Crippen molar-refractivity contribution in [2.45, 2.75) is 45.1 Å². The Morgan fingerprint density at radius 2 is 2.28 bits per heavy atom. The number of Topliss-reactive ketones (excluding diaryl/α,β-unsaturated/α-hetero) is 1. The molecule has 0 spiro atoms. The third kappa shape index (κ3) is 3.39. The van der Waals surface area contributed by atoms with E-state index in [1.165, 1.54) is 25.0 Å². The van der Waals surface area contributed by atoms with Gasteiger partial charge in [-0.25, -0.2) is 4.39 Å². The molecule has 1 aliphatic rings. The first-order valence-electron chi connectivity index (χ1n) is 6.69. The molecule has 1 atom stereocenters. The van der Waals surface area contributed by atoms with Crippen molar-refractivity contribution in [2.24, 2.45) is 0 Å². The van der Waals surface area contributed by atoms with Gasteiger partial charge in [0.05, 0.1) is 0 Å². The summed E-state index contributed by atoms with van der Waals surface area (Å²) in [6, 6.07) is 4.86. The average molecular weight is 249 g/mol. The van der Waals surface area contributed by atoms with Crippen LogP contribution in [0.4, 0.5) is 4.39 Å². The second-order valence-corrected chi connectivity index (χ2v) is 5.07. The molecule has 1 fully saturated rings. The molecule has 0 bridgehead atoms.